The summed E-state index contributed by atoms with van der Waals surface area (Å²) in [6.07, 6.45) is 4.44. The van der Waals surface area contributed by atoms with Crippen LogP contribution in [0, 0.1) is 26.2 Å². The molecule has 0 radical (unpaired) electrons. The summed E-state index contributed by atoms with van der Waals surface area (Å²) >= 11 is 0. The van der Waals surface area contributed by atoms with Crippen molar-refractivity contribution in [1.29, 1.82) is 0 Å². The highest BCUT2D eigenvalue weighted by Gasteiger charge is 2.47. The molecule has 0 spiro atoms. The SMILES string of the molecule is CC1=CC(C)(C)C([P+](=O)c2c(C)cc(C)cc2C)C(C)=C1. The molecule has 0 heterocycles. The third-order valence-electron chi connectivity index (χ3n) is 4.28. The van der Waals surface area contributed by atoms with Crippen LogP contribution >= 0.6 is 7.80 Å². The van der Waals surface area contributed by atoms with Gasteiger partial charge >= 0.3 is 7.80 Å². The van der Waals surface area contributed by atoms with Gasteiger partial charge in [0.2, 0.25) is 0 Å². The molecular formula is C19H26OP+. The summed E-state index contributed by atoms with van der Waals surface area (Å²) in [5, 5.41) is 1.05. The van der Waals surface area contributed by atoms with Crippen molar-refractivity contribution in [2.75, 3.05) is 0 Å². The van der Waals surface area contributed by atoms with E-state index < -0.39 is 7.80 Å². The second-order valence-electron chi connectivity index (χ2n) is 7.07. The molecule has 2 heteroatoms. The second kappa shape index (κ2) is 5.54. The molecular weight excluding hydrogens is 275 g/mol. The van der Waals surface area contributed by atoms with Gasteiger partial charge in [0.1, 0.15) is 0 Å². The van der Waals surface area contributed by atoms with E-state index in [4.69, 9.17) is 0 Å². The van der Waals surface area contributed by atoms with E-state index in [1.807, 2.05) is 0 Å². The van der Waals surface area contributed by atoms with Crippen LogP contribution < -0.4 is 5.30 Å². The Hall–Kier alpha value is -1.20. The summed E-state index contributed by atoms with van der Waals surface area (Å²) in [7, 11) is -1.46. The van der Waals surface area contributed by atoms with Crippen molar-refractivity contribution in [3.05, 3.63) is 52.1 Å². The summed E-state index contributed by atoms with van der Waals surface area (Å²) in [6, 6.07) is 4.29. The molecule has 0 fully saturated rings. The zero-order chi connectivity index (χ0) is 15.9. The molecule has 1 aliphatic rings. The van der Waals surface area contributed by atoms with E-state index in [2.05, 4.69) is 72.8 Å². The quantitative estimate of drug-likeness (QED) is 0.671. The van der Waals surface area contributed by atoms with Gasteiger partial charge in [0.05, 0.1) is 0 Å². The highest BCUT2D eigenvalue weighted by atomic mass is 31.1. The Morgan fingerprint density at radius 2 is 1.52 bits per heavy atom. The van der Waals surface area contributed by atoms with Gasteiger partial charge in [0.25, 0.3) is 0 Å². The second-order valence-corrected chi connectivity index (χ2v) is 8.69. The van der Waals surface area contributed by atoms with Crippen molar-refractivity contribution in [1.82, 2.24) is 0 Å². The minimum Gasteiger partial charge on any atom is -0.0711 e. The summed E-state index contributed by atoms with van der Waals surface area (Å²) in [5.74, 6) is 0. The minimum absolute atomic E-state index is 0.0693. The first-order chi connectivity index (χ1) is 9.63. The molecule has 1 nitrogen and oxygen atoms in total. The number of aryl methyl sites for hydroxylation is 3. The molecule has 1 aromatic rings. The molecule has 112 valence electrons. The molecule has 1 aromatic carbocycles. The van der Waals surface area contributed by atoms with E-state index in [9.17, 15) is 4.57 Å². The lowest BCUT2D eigenvalue weighted by Gasteiger charge is -2.29. The first-order valence-electron chi connectivity index (χ1n) is 7.55. The van der Waals surface area contributed by atoms with E-state index in [-0.39, 0.29) is 11.1 Å². The molecule has 2 rings (SSSR count). The van der Waals surface area contributed by atoms with Crippen molar-refractivity contribution in [3.8, 4) is 0 Å². The molecule has 1 aliphatic carbocycles. The summed E-state index contributed by atoms with van der Waals surface area (Å²) in [6.45, 7) is 14.9. The van der Waals surface area contributed by atoms with E-state index in [1.165, 1.54) is 16.7 Å². The van der Waals surface area contributed by atoms with Gasteiger partial charge in [0, 0.05) is 16.5 Å². The molecule has 0 N–H and O–H groups in total. The van der Waals surface area contributed by atoms with Crippen LogP contribution in [0.3, 0.4) is 0 Å². The van der Waals surface area contributed by atoms with E-state index in [0.717, 1.165) is 16.4 Å². The Labute approximate surface area is 129 Å². The lowest BCUT2D eigenvalue weighted by Crippen LogP contribution is -2.31. The van der Waals surface area contributed by atoms with E-state index in [1.54, 1.807) is 0 Å². The van der Waals surface area contributed by atoms with Gasteiger partial charge in [-0.25, -0.2) is 0 Å². The fourth-order valence-electron chi connectivity index (χ4n) is 3.87. The third-order valence-corrected chi connectivity index (χ3v) is 6.97. The smallest absolute Gasteiger partial charge is 0.0711 e. The van der Waals surface area contributed by atoms with Gasteiger partial charge < -0.3 is 0 Å². The Morgan fingerprint density at radius 3 is 2.00 bits per heavy atom. The maximum atomic E-state index is 13.4. The van der Waals surface area contributed by atoms with Gasteiger partial charge in [0.15, 0.2) is 11.0 Å². The first kappa shape index (κ1) is 16.2. The van der Waals surface area contributed by atoms with Crippen LogP contribution in [0.4, 0.5) is 0 Å². The Morgan fingerprint density at radius 1 is 1.00 bits per heavy atom. The molecule has 0 saturated carbocycles. The summed E-state index contributed by atoms with van der Waals surface area (Å²) in [4.78, 5) is 0. The molecule has 21 heavy (non-hydrogen) atoms. The Balaban J connectivity index is 2.53. The maximum absolute atomic E-state index is 13.4. The van der Waals surface area contributed by atoms with Crippen molar-refractivity contribution >= 4 is 13.1 Å². The van der Waals surface area contributed by atoms with Crippen molar-refractivity contribution in [3.63, 3.8) is 0 Å². The summed E-state index contributed by atoms with van der Waals surface area (Å²) < 4.78 is 13.4. The number of hydrogen-bond donors (Lipinski definition) is 0. The number of allylic oxidation sites excluding steroid dienone is 4. The van der Waals surface area contributed by atoms with Gasteiger partial charge in [-0.1, -0.05) is 53.8 Å². The van der Waals surface area contributed by atoms with Gasteiger partial charge in [-0.05, 0) is 40.2 Å². The predicted octanol–water partition coefficient (Wildman–Crippen LogP) is 5.37. The Kier molecular flexibility index (Phi) is 4.26. The average Bonchev–Trinajstić information content (AvgIpc) is 2.23. The summed E-state index contributed by atoms with van der Waals surface area (Å²) in [5.41, 5.74) is 6.07. The van der Waals surface area contributed by atoms with Gasteiger partial charge in [-0.2, -0.15) is 0 Å². The largest absolute Gasteiger partial charge is 0.385 e. The van der Waals surface area contributed by atoms with Crippen LogP contribution in [-0.4, -0.2) is 5.66 Å². The highest BCUT2D eigenvalue weighted by Crippen LogP contribution is 2.48. The van der Waals surface area contributed by atoms with Gasteiger partial charge in [-0.3, -0.25) is 0 Å². The molecule has 0 aromatic heterocycles. The Bertz CT molecular complexity index is 639. The minimum atomic E-state index is -1.46. The molecule has 0 amide bonds. The lowest BCUT2D eigenvalue weighted by molar-refractivity contribution is 0.461. The molecule has 0 bridgehead atoms. The van der Waals surface area contributed by atoms with Crippen LogP contribution in [0.1, 0.15) is 44.4 Å². The maximum Gasteiger partial charge on any atom is 0.385 e. The normalized spacial score (nSPS) is 21.7. The fourth-order valence-corrected chi connectivity index (χ4v) is 6.07. The number of hydrogen-bond acceptors (Lipinski definition) is 1. The van der Waals surface area contributed by atoms with Crippen LogP contribution in [-0.2, 0) is 4.57 Å². The van der Waals surface area contributed by atoms with Crippen LogP contribution in [0.25, 0.3) is 0 Å². The average molecular weight is 301 g/mol. The zero-order valence-corrected chi connectivity index (χ0v) is 15.1. The first-order valence-corrected chi connectivity index (χ1v) is 8.88. The standard InChI is InChI=1S/C19H26OP/c1-12-8-14(3)17(15(4)9-12)21(20)18-16(5)10-13(2)11-19(18,6)7/h8-11,18H,1-7H3/q+1. The molecule has 2 atom stereocenters. The third kappa shape index (κ3) is 3.04. The monoisotopic (exact) mass is 301 g/mol. The fraction of sp³-hybridized carbons (Fsp3) is 0.474. The highest BCUT2D eigenvalue weighted by molar-refractivity contribution is 7.54. The predicted molar refractivity (Wildman–Crippen MR) is 93.0 cm³/mol. The van der Waals surface area contributed by atoms with Crippen LogP contribution in [0.2, 0.25) is 0 Å². The molecule has 0 aliphatic heterocycles. The van der Waals surface area contributed by atoms with Crippen molar-refractivity contribution < 1.29 is 4.57 Å². The van der Waals surface area contributed by atoms with Crippen molar-refractivity contribution in [2.45, 2.75) is 54.1 Å². The molecule has 0 saturated heterocycles. The lowest BCUT2D eigenvalue weighted by atomic mass is 9.79. The van der Waals surface area contributed by atoms with Gasteiger partial charge in [-0.15, -0.1) is 0 Å². The van der Waals surface area contributed by atoms with Crippen molar-refractivity contribution in [2.24, 2.45) is 5.41 Å². The zero-order valence-electron chi connectivity index (χ0n) is 14.2. The molecule has 2 unspecified atom stereocenters. The topological polar surface area (TPSA) is 17.1 Å². The van der Waals surface area contributed by atoms with Crippen LogP contribution in [0.15, 0.2) is 35.4 Å². The number of rotatable bonds is 2. The van der Waals surface area contributed by atoms with E-state index >= 15 is 0 Å². The van der Waals surface area contributed by atoms with E-state index in [0.29, 0.717) is 0 Å². The van der Waals surface area contributed by atoms with Crippen LogP contribution in [0.5, 0.6) is 0 Å². The number of benzene rings is 1.